The van der Waals surface area contributed by atoms with Crippen LogP contribution in [-0.4, -0.2) is 25.0 Å². The van der Waals surface area contributed by atoms with E-state index in [0.717, 1.165) is 0 Å². The average Bonchev–Trinajstić information content (AvgIpc) is 3.08. The maximum absolute atomic E-state index is 11.9. The Morgan fingerprint density at radius 1 is 1.42 bits per heavy atom. The van der Waals surface area contributed by atoms with Gasteiger partial charge in [-0.25, -0.2) is 4.79 Å². The number of nitrogens with one attached hydrogen (secondary N) is 1. The number of anilines is 1. The van der Waals surface area contributed by atoms with Crippen molar-refractivity contribution in [2.75, 3.05) is 12.4 Å². The molecule has 0 saturated heterocycles. The SMILES string of the molecule is COC(=O)c1cc(Br)cc(Br)c1NC(=O)C1CC1N. The normalized spacial score (nSPS) is 20.8. The van der Waals surface area contributed by atoms with Crippen molar-refractivity contribution < 1.29 is 14.3 Å². The number of hydrogen-bond donors (Lipinski definition) is 2. The van der Waals surface area contributed by atoms with Crippen LogP contribution in [0.1, 0.15) is 16.8 Å². The molecule has 2 unspecified atom stereocenters. The van der Waals surface area contributed by atoms with E-state index < -0.39 is 5.97 Å². The molecule has 1 amide bonds. The molecule has 0 aliphatic heterocycles. The molecular formula is C12H12Br2N2O3. The summed E-state index contributed by atoms with van der Waals surface area (Å²) < 4.78 is 6.02. The number of carbonyl (C=O) groups excluding carboxylic acids is 2. The summed E-state index contributed by atoms with van der Waals surface area (Å²) in [5.74, 6) is -0.876. The number of nitrogens with two attached hydrogens (primary N) is 1. The predicted octanol–water partition coefficient (Wildman–Crippen LogP) is 2.28. The molecule has 1 aliphatic carbocycles. The molecule has 3 N–H and O–H groups in total. The zero-order valence-electron chi connectivity index (χ0n) is 10.1. The number of rotatable bonds is 3. The van der Waals surface area contributed by atoms with Crippen LogP contribution in [0.25, 0.3) is 0 Å². The fourth-order valence-electron chi connectivity index (χ4n) is 1.70. The second-order valence-electron chi connectivity index (χ2n) is 4.30. The number of amides is 1. The molecule has 0 heterocycles. The monoisotopic (exact) mass is 390 g/mol. The van der Waals surface area contributed by atoms with Gasteiger partial charge >= 0.3 is 5.97 Å². The van der Waals surface area contributed by atoms with E-state index in [-0.39, 0.29) is 23.4 Å². The molecule has 1 saturated carbocycles. The molecule has 1 aromatic carbocycles. The molecule has 0 radical (unpaired) electrons. The molecule has 7 heteroatoms. The lowest BCUT2D eigenvalue weighted by molar-refractivity contribution is -0.117. The number of hydrogen-bond acceptors (Lipinski definition) is 4. The highest BCUT2D eigenvalue weighted by atomic mass is 79.9. The van der Waals surface area contributed by atoms with Crippen LogP contribution in [0.3, 0.4) is 0 Å². The number of benzene rings is 1. The molecule has 2 rings (SSSR count). The molecular weight excluding hydrogens is 380 g/mol. The highest BCUT2D eigenvalue weighted by molar-refractivity contribution is 9.11. The van der Waals surface area contributed by atoms with Gasteiger partial charge in [0, 0.05) is 15.0 Å². The first-order chi connectivity index (χ1) is 8.93. The second kappa shape index (κ2) is 5.60. The first-order valence-electron chi connectivity index (χ1n) is 5.58. The van der Waals surface area contributed by atoms with Gasteiger partial charge in [-0.2, -0.15) is 0 Å². The summed E-state index contributed by atoms with van der Waals surface area (Å²) in [5.41, 5.74) is 6.32. The minimum atomic E-state index is -0.516. The number of esters is 1. The van der Waals surface area contributed by atoms with E-state index in [0.29, 0.717) is 21.1 Å². The van der Waals surface area contributed by atoms with E-state index in [4.69, 9.17) is 10.5 Å². The number of methoxy groups -OCH3 is 1. The Labute approximate surface area is 127 Å². The van der Waals surface area contributed by atoms with Crippen LogP contribution in [0.2, 0.25) is 0 Å². The second-order valence-corrected chi connectivity index (χ2v) is 6.07. The van der Waals surface area contributed by atoms with Crippen molar-refractivity contribution in [3.8, 4) is 0 Å². The Bertz CT molecular complexity index is 548. The van der Waals surface area contributed by atoms with Crippen LogP contribution < -0.4 is 11.1 Å². The van der Waals surface area contributed by atoms with Gasteiger partial charge in [-0.3, -0.25) is 4.79 Å². The van der Waals surface area contributed by atoms with E-state index in [1.165, 1.54) is 7.11 Å². The maximum atomic E-state index is 11.9. The standard InChI is InChI=1S/C12H12Br2N2O3/c1-19-12(18)7-2-5(13)3-8(14)10(7)16-11(17)6-4-9(6)15/h2-3,6,9H,4,15H2,1H3,(H,16,17). The van der Waals surface area contributed by atoms with Crippen LogP contribution in [-0.2, 0) is 9.53 Å². The molecule has 2 atom stereocenters. The lowest BCUT2D eigenvalue weighted by Crippen LogP contribution is -2.20. The zero-order valence-corrected chi connectivity index (χ0v) is 13.2. The molecule has 5 nitrogen and oxygen atoms in total. The Balaban J connectivity index is 2.32. The fraction of sp³-hybridized carbons (Fsp3) is 0.333. The largest absolute Gasteiger partial charge is 0.465 e. The Kier molecular flexibility index (Phi) is 4.27. The molecule has 1 aliphatic rings. The van der Waals surface area contributed by atoms with Crippen molar-refractivity contribution >= 4 is 49.4 Å². The summed E-state index contributed by atoms with van der Waals surface area (Å²) in [4.78, 5) is 23.6. The van der Waals surface area contributed by atoms with E-state index in [1.807, 2.05) is 0 Å². The smallest absolute Gasteiger partial charge is 0.340 e. The maximum Gasteiger partial charge on any atom is 0.340 e. The molecule has 0 bridgehead atoms. The van der Waals surface area contributed by atoms with E-state index in [1.54, 1.807) is 12.1 Å². The van der Waals surface area contributed by atoms with Crippen molar-refractivity contribution in [3.63, 3.8) is 0 Å². The van der Waals surface area contributed by atoms with Crippen LogP contribution in [0.5, 0.6) is 0 Å². The first-order valence-corrected chi connectivity index (χ1v) is 7.16. The van der Waals surface area contributed by atoms with Gasteiger partial charge in [-0.1, -0.05) is 15.9 Å². The van der Waals surface area contributed by atoms with Gasteiger partial charge in [0.25, 0.3) is 0 Å². The minimum Gasteiger partial charge on any atom is -0.465 e. The first kappa shape index (κ1) is 14.5. The Morgan fingerprint density at radius 2 is 2.05 bits per heavy atom. The van der Waals surface area contributed by atoms with Gasteiger partial charge in [-0.15, -0.1) is 0 Å². The van der Waals surface area contributed by atoms with Crippen molar-refractivity contribution in [1.82, 2.24) is 0 Å². The molecule has 19 heavy (non-hydrogen) atoms. The zero-order chi connectivity index (χ0) is 14.2. The van der Waals surface area contributed by atoms with Crippen molar-refractivity contribution in [1.29, 1.82) is 0 Å². The number of halogens is 2. The quantitative estimate of drug-likeness (QED) is 0.774. The summed E-state index contributed by atoms with van der Waals surface area (Å²) in [6.07, 6.45) is 0.674. The summed E-state index contributed by atoms with van der Waals surface area (Å²) in [7, 11) is 1.29. The van der Waals surface area contributed by atoms with Crippen LogP contribution in [0, 0.1) is 5.92 Å². The van der Waals surface area contributed by atoms with Gasteiger partial charge in [0.15, 0.2) is 0 Å². The number of carbonyl (C=O) groups is 2. The Morgan fingerprint density at radius 3 is 2.58 bits per heavy atom. The van der Waals surface area contributed by atoms with Gasteiger partial charge in [-0.05, 0) is 34.5 Å². The van der Waals surface area contributed by atoms with Gasteiger partial charge in [0.05, 0.1) is 24.3 Å². The summed E-state index contributed by atoms with van der Waals surface area (Å²) in [5, 5.41) is 2.73. The van der Waals surface area contributed by atoms with Crippen molar-refractivity contribution in [2.24, 2.45) is 11.7 Å². The summed E-state index contributed by atoms with van der Waals surface area (Å²) in [6, 6.07) is 3.25. The lowest BCUT2D eigenvalue weighted by Gasteiger charge is -2.12. The molecule has 102 valence electrons. The van der Waals surface area contributed by atoms with Gasteiger partial charge < -0.3 is 15.8 Å². The van der Waals surface area contributed by atoms with Crippen LogP contribution >= 0.6 is 31.9 Å². The molecule has 1 fully saturated rings. The van der Waals surface area contributed by atoms with Gasteiger partial charge in [0.2, 0.25) is 5.91 Å². The summed E-state index contributed by atoms with van der Waals surface area (Å²) >= 11 is 6.62. The minimum absolute atomic E-state index is 0.0872. The van der Waals surface area contributed by atoms with E-state index in [9.17, 15) is 9.59 Å². The topological polar surface area (TPSA) is 81.4 Å². The van der Waals surface area contributed by atoms with Crippen molar-refractivity contribution in [2.45, 2.75) is 12.5 Å². The third kappa shape index (κ3) is 3.16. The third-order valence-electron chi connectivity index (χ3n) is 2.89. The van der Waals surface area contributed by atoms with Gasteiger partial charge in [0.1, 0.15) is 0 Å². The molecule has 0 aromatic heterocycles. The molecule has 0 spiro atoms. The van der Waals surface area contributed by atoms with E-state index >= 15 is 0 Å². The number of ether oxygens (including phenoxy) is 1. The fourth-order valence-corrected chi connectivity index (χ4v) is 3.03. The van der Waals surface area contributed by atoms with Crippen LogP contribution in [0.15, 0.2) is 21.1 Å². The lowest BCUT2D eigenvalue weighted by atomic mass is 10.1. The molecule has 1 aromatic rings. The average molecular weight is 392 g/mol. The van der Waals surface area contributed by atoms with E-state index in [2.05, 4.69) is 37.2 Å². The Hall–Kier alpha value is -0.920. The highest BCUT2D eigenvalue weighted by Gasteiger charge is 2.40. The third-order valence-corrected chi connectivity index (χ3v) is 3.97. The predicted molar refractivity (Wildman–Crippen MR) is 77.9 cm³/mol. The van der Waals surface area contributed by atoms with Crippen molar-refractivity contribution in [3.05, 3.63) is 26.6 Å². The highest BCUT2D eigenvalue weighted by Crippen LogP contribution is 2.34. The summed E-state index contributed by atoms with van der Waals surface area (Å²) in [6.45, 7) is 0. The van der Waals surface area contributed by atoms with Crippen LogP contribution in [0.4, 0.5) is 5.69 Å².